The highest BCUT2D eigenvalue weighted by molar-refractivity contribution is 6.09. The number of nitrogens with one attached hydrogen (secondary N) is 2. The Morgan fingerprint density at radius 3 is 3.06 bits per heavy atom. The van der Waals surface area contributed by atoms with Crippen molar-refractivity contribution in [3.63, 3.8) is 0 Å². The summed E-state index contributed by atoms with van der Waals surface area (Å²) < 4.78 is 4.94. The number of hydrogen-bond donors (Lipinski definition) is 2. The van der Waals surface area contributed by atoms with Gasteiger partial charge < -0.3 is 15.0 Å². The van der Waals surface area contributed by atoms with Gasteiger partial charge in [-0.1, -0.05) is 0 Å². The Hall–Kier alpha value is -1.14. The maximum absolute atomic E-state index is 12.1. The zero-order chi connectivity index (χ0) is 13.2. The van der Waals surface area contributed by atoms with Crippen molar-refractivity contribution in [1.29, 1.82) is 0 Å². The van der Waals surface area contributed by atoms with E-state index in [0.29, 0.717) is 25.2 Å². The average Bonchev–Trinajstić information content (AvgIpc) is 2.62. The molecule has 2 rings (SSSR count). The predicted molar refractivity (Wildman–Crippen MR) is 69.5 cm³/mol. The van der Waals surface area contributed by atoms with Gasteiger partial charge in [-0.25, -0.2) is 0 Å². The zero-order valence-corrected chi connectivity index (χ0v) is 11.3. The average molecular weight is 254 g/mol. The Bertz CT molecular complexity index is 358. The van der Waals surface area contributed by atoms with Crippen molar-refractivity contribution < 1.29 is 9.53 Å². The molecule has 6 nitrogen and oxygen atoms in total. The molecule has 2 heterocycles. The minimum atomic E-state index is -0.460. The standard InChI is InChI=1S/C12H22N4O2/c1-9-8-12(4-6-16(9)2)10(17)14-11(15-12)13-5-7-18-3/h9H,4-8H2,1-3H3,(H2,13,14,15,17). The van der Waals surface area contributed by atoms with Crippen LogP contribution in [0.2, 0.25) is 0 Å². The van der Waals surface area contributed by atoms with Gasteiger partial charge in [-0.15, -0.1) is 0 Å². The highest BCUT2D eigenvalue weighted by Gasteiger charge is 2.48. The molecule has 2 atom stereocenters. The van der Waals surface area contributed by atoms with Gasteiger partial charge in [0.15, 0.2) is 5.96 Å². The molecule has 0 bridgehead atoms. The molecule has 1 amide bonds. The lowest BCUT2D eigenvalue weighted by atomic mass is 9.84. The molecule has 1 spiro atoms. The summed E-state index contributed by atoms with van der Waals surface area (Å²) in [4.78, 5) is 18.7. The van der Waals surface area contributed by atoms with Gasteiger partial charge >= 0.3 is 0 Å². The first-order valence-electron chi connectivity index (χ1n) is 6.41. The normalized spacial score (nSPS) is 34.9. The number of piperidine rings is 1. The first-order valence-corrected chi connectivity index (χ1v) is 6.41. The highest BCUT2D eigenvalue weighted by atomic mass is 16.5. The van der Waals surface area contributed by atoms with Gasteiger partial charge in [-0.2, -0.15) is 0 Å². The van der Waals surface area contributed by atoms with Crippen LogP contribution in [0.4, 0.5) is 0 Å². The van der Waals surface area contributed by atoms with Crippen molar-refractivity contribution in [1.82, 2.24) is 15.5 Å². The lowest BCUT2D eigenvalue weighted by Gasteiger charge is -2.40. The van der Waals surface area contributed by atoms with Gasteiger partial charge in [-0.05, 0) is 26.8 Å². The van der Waals surface area contributed by atoms with E-state index in [1.54, 1.807) is 7.11 Å². The van der Waals surface area contributed by atoms with Crippen molar-refractivity contribution in [2.75, 3.05) is 33.9 Å². The molecule has 2 fully saturated rings. The molecule has 2 N–H and O–H groups in total. The second-order valence-electron chi connectivity index (χ2n) is 5.17. The van der Waals surface area contributed by atoms with Crippen molar-refractivity contribution in [3.05, 3.63) is 0 Å². The smallest absolute Gasteiger partial charge is 0.252 e. The molecule has 6 heteroatoms. The van der Waals surface area contributed by atoms with Crippen LogP contribution in [0.5, 0.6) is 0 Å². The molecule has 18 heavy (non-hydrogen) atoms. The Labute approximate surface area is 108 Å². The van der Waals surface area contributed by atoms with E-state index in [-0.39, 0.29) is 5.91 Å². The topological polar surface area (TPSA) is 66.0 Å². The first kappa shape index (κ1) is 13.3. The Balaban J connectivity index is 2.02. The van der Waals surface area contributed by atoms with E-state index >= 15 is 0 Å². The van der Waals surface area contributed by atoms with Crippen LogP contribution in [-0.2, 0) is 9.53 Å². The van der Waals surface area contributed by atoms with E-state index in [1.807, 2.05) is 0 Å². The number of ether oxygens (including phenoxy) is 1. The van der Waals surface area contributed by atoms with Crippen LogP contribution in [0.3, 0.4) is 0 Å². The van der Waals surface area contributed by atoms with E-state index in [0.717, 1.165) is 19.4 Å². The van der Waals surface area contributed by atoms with Gasteiger partial charge in [0.05, 0.1) is 13.2 Å². The summed E-state index contributed by atoms with van der Waals surface area (Å²) in [6.07, 6.45) is 1.64. The zero-order valence-electron chi connectivity index (χ0n) is 11.3. The molecule has 0 aromatic rings. The summed E-state index contributed by atoms with van der Waals surface area (Å²) in [5, 5.41) is 6.11. The number of amides is 1. The summed E-state index contributed by atoms with van der Waals surface area (Å²) in [6, 6.07) is 0.398. The number of guanidine groups is 1. The number of rotatable bonds is 3. The summed E-state index contributed by atoms with van der Waals surface area (Å²) in [6.45, 7) is 4.20. The highest BCUT2D eigenvalue weighted by Crippen LogP contribution is 2.28. The van der Waals surface area contributed by atoms with Crippen LogP contribution in [0.1, 0.15) is 19.8 Å². The first-order chi connectivity index (χ1) is 8.57. The van der Waals surface area contributed by atoms with E-state index in [9.17, 15) is 4.79 Å². The molecule has 0 aromatic carbocycles. The molecule has 0 aromatic heterocycles. The third-order valence-electron chi connectivity index (χ3n) is 3.88. The van der Waals surface area contributed by atoms with Crippen LogP contribution in [0, 0.1) is 0 Å². The van der Waals surface area contributed by atoms with Crippen LogP contribution in [-0.4, -0.2) is 62.2 Å². The van der Waals surface area contributed by atoms with Crippen LogP contribution >= 0.6 is 0 Å². The number of aliphatic imine (C=N–C) groups is 1. The number of methoxy groups -OCH3 is 1. The molecular formula is C12H22N4O2. The van der Waals surface area contributed by atoms with Crippen molar-refractivity contribution in [2.45, 2.75) is 31.3 Å². The lowest BCUT2D eigenvalue weighted by molar-refractivity contribution is -0.126. The molecule has 2 aliphatic heterocycles. The predicted octanol–water partition coefficient (Wildman–Crippen LogP) is -0.439. The SMILES string of the molecule is COCCN=C1NC(=O)C2(CCN(C)C(C)C2)N1. The molecule has 0 saturated carbocycles. The molecule has 2 aliphatic rings. The minimum Gasteiger partial charge on any atom is -0.383 e. The number of hydrogen-bond acceptors (Lipinski definition) is 4. The second kappa shape index (κ2) is 5.24. The van der Waals surface area contributed by atoms with E-state index < -0.39 is 5.54 Å². The van der Waals surface area contributed by atoms with Crippen LogP contribution in [0.15, 0.2) is 4.99 Å². The Kier molecular flexibility index (Phi) is 3.87. The molecule has 2 saturated heterocycles. The number of likely N-dealkylation sites (tertiary alicyclic amines) is 1. The van der Waals surface area contributed by atoms with Gasteiger partial charge in [0, 0.05) is 19.7 Å². The summed E-state index contributed by atoms with van der Waals surface area (Å²) in [5.41, 5.74) is -0.460. The van der Waals surface area contributed by atoms with Gasteiger partial charge in [-0.3, -0.25) is 15.1 Å². The van der Waals surface area contributed by atoms with Crippen LogP contribution < -0.4 is 10.6 Å². The van der Waals surface area contributed by atoms with E-state index in [2.05, 4.69) is 34.5 Å². The van der Waals surface area contributed by atoms with Crippen molar-refractivity contribution >= 4 is 11.9 Å². The summed E-state index contributed by atoms with van der Waals surface area (Å²) in [5.74, 6) is 0.646. The van der Waals surface area contributed by atoms with E-state index in [4.69, 9.17) is 4.74 Å². The fourth-order valence-corrected chi connectivity index (χ4v) is 2.54. The number of carbonyl (C=O) groups excluding carboxylic acids is 1. The minimum absolute atomic E-state index is 0.0543. The fraction of sp³-hybridized carbons (Fsp3) is 0.833. The largest absolute Gasteiger partial charge is 0.383 e. The number of nitrogens with zero attached hydrogens (tertiary/aromatic N) is 2. The van der Waals surface area contributed by atoms with Gasteiger partial charge in [0.1, 0.15) is 5.54 Å². The Morgan fingerprint density at radius 1 is 1.61 bits per heavy atom. The van der Waals surface area contributed by atoms with Crippen molar-refractivity contribution in [2.24, 2.45) is 4.99 Å². The molecular weight excluding hydrogens is 232 g/mol. The second-order valence-corrected chi connectivity index (χ2v) is 5.17. The monoisotopic (exact) mass is 254 g/mol. The fourth-order valence-electron chi connectivity index (χ4n) is 2.54. The third kappa shape index (κ3) is 2.49. The maximum Gasteiger partial charge on any atom is 0.252 e. The van der Waals surface area contributed by atoms with E-state index in [1.165, 1.54) is 0 Å². The van der Waals surface area contributed by atoms with Gasteiger partial charge in [0.2, 0.25) is 0 Å². The summed E-state index contributed by atoms with van der Waals surface area (Å²) >= 11 is 0. The molecule has 0 aliphatic carbocycles. The van der Waals surface area contributed by atoms with Crippen LogP contribution in [0.25, 0.3) is 0 Å². The van der Waals surface area contributed by atoms with Crippen molar-refractivity contribution in [3.8, 4) is 0 Å². The molecule has 2 unspecified atom stereocenters. The van der Waals surface area contributed by atoms with Gasteiger partial charge in [0.25, 0.3) is 5.91 Å². The molecule has 0 radical (unpaired) electrons. The lowest BCUT2D eigenvalue weighted by Crippen LogP contribution is -2.57. The molecule has 102 valence electrons. The maximum atomic E-state index is 12.1. The number of carbonyl (C=O) groups is 1. The summed E-state index contributed by atoms with van der Waals surface area (Å²) in [7, 11) is 3.74. The Morgan fingerprint density at radius 2 is 2.39 bits per heavy atom. The third-order valence-corrected chi connectivity index (χ3v) is 3.88. The quantitative estimate of drug-likeness (QED) is 0.670.